The van der Waals surface area contributed by atoms with Crippen LogP contribution in [0.4, 0.5) is 24.5 Å². The number of alkyl halides is 3. The van der Waals surface area contributed by atoms with E-state index in [2.05, 4.69) is 12.2 Å². The fourth-order valence-corrected chi connectivity index (χ4v) is 2.61. The van der Waals surface area contributed by atoms with E-state index in [1.807, 2.05) is 0 Å². The van der Waals surface area contributed by atoms with Crippen molar-refractivity contribution in [2.75, 3.05) is 22.6 Å². The highest BCUT2D eigenvalue weighted by molar-refractivity contribution is 7.99. The van der Waals surface area contributed by atoms with Crippen LogP contribution in [0, 0.1) is 0 Å². The molecule has 0 saturated heterocycles. The van der Waals surface area contributed by atoms with Gasteiger partial charge in [0.25, 0.3) is 0 Å². The lowest BCUT2D eigenvalue weighted by molar-refractivity contribution is -0.137. The van der Waals surface area contributed by atoms with Crippen molar-refractivity contribution in [3.63, 3.8) is 0 Å². The fraction of sp³-hybridized carbons (Fsp3) is 0.500. The van der Waals surface area contributed by atoms with Gasteiger partial charge >= 0.3 is 6.18 Å². The van der Waals surface area contributed by atoms with Crippen LogP contribution in [-0.4, -0.2) is 17.4 Å². The summed E-state index contributed by atoms with van der Waals surface area (Å²) in [7, 11) is 0. The summed E-state index contributed by atoms with van der Waals surface area (Å²) in [4.78, 5) is 11.7. The summed E-state index contributed by atoms with van der Waals surface area (Å²) in [6, 6.07) is 2.91. The summed E-state index contributed by atoms with van der Waals surface area (Å²) in [5.41, 5.74) is 4.84. The monoisotopic (exact) mass is 320 g/mol. The van der Waals surface area contributed by atoms with Crippen LogP contribution in [0.1, 0.15) is 31.7 Å². The van der Waals surface area contributed by atoms with Gasteiger partial charge in [-0.2, -0.15) is 24.9 Å². The average molecular weight is 320 g/mol. The van der Waals surface area contributed by atoms with Gasteiger partial charge in [-0.25, -0.2) is 0 Å². The predicted octanol–water partition coefficient (Wildman–Crippen LogP) is 4.15. The van der Waals surface area contributed by atoms with Crippen LogP contribution in [0.25, 0.3) is 0 Å². The van der Waals surface area contributed by atoms with Gasteiger partial charge in [0.1, 0.15) is 0 Å². The molecule has 0 unspecified atom stereocenters. The van der Waals surface area contributed by atoms with Gasteiger partial charge in [-0.1, -0.05) is 13.3 Å². The van der Waals surface area contributed by atoms with Gasteiger partial charge in [0.15, 0.2) is 0 Å². The van der Waals surface area contributed by atoms with E-state index < -0.39 is 11.7 Å². The number of carbonyl (C=O) groups is 1. The van der Waals surface area contributed by atoms with E-state index in [1.54, 1.807) is 11.8 Å². The predicted molar refractivity (Wildman–Crippen MR) is 81.3 cm³/mol. The number of benzene rings is 1. The van der Waals surface area contributed by atoms with Crippen molar-refractivity contribution in [1.82, 2.24) is 0 Å². The third-order valence-electron chi connectivity index (χ3n) is 2.77. The van der Waals surface area contributed by atoms with Crippen molar-refractivity contribution < 1.29 is 18.0 Å². The third-order valence-corrected chi connectivity index (χ3v) is 3.84. The second-order valence-electron chi connectivity index (χ2n) is 4.56. The molecule has 0 aliphatic heterocycles. The molecule has 0 radical (unpaired) electrons. The van der Waals surface area contributed by atoms with E-state index in [1.165, 1.54) is 6.07 Å². The van der Waals surface area contributed by atoms with Crippen molar-refractivity contribution >= 4 is 29.0 Å². The lowest BCUT2D eigenvalue weighted by Gasteiger charge is -2.11. The van der Waals surface area contributed by atoms with Crippen LogP contribution in [0.3, 0.4) is 0 Å². The van der Waals surface area contributed by atoms with Crippen molar-refractivity contribution in [2.24, 2.45) is 0 Å². The van der Waals surface area contributed by atoms with Crippen molar-refractivity contribution in [3.8, 4) is 0 Å². The van der Waals surface area contributed by atoms with E-state index in [-0.39, 0.29) is 17.3 Å². The molecule has 21 heavy (non-hydrogen) atoms. The van der Waals surface area contributed by atoms with Crippen LogP contribution in [0.15, 0.2) is 18.2 Å². The molecule has 1 aromatic carbocycles. The molecular weight excluding hydrogens is 301 g/mol. The van der Waals surface area contributed by atoms with Crippen LogP contribution >= 0.6 is 11.8 Å². The molecule has 1 amide bonds. The molecule has 1 aromatic rings. The Labute approximate surface area is 126 Å². The normalized spacial score (nSPS) is 11.4. The first-order chi connectivity index (χ1) is 9.84. The van der Waals surface area contributed by atoms with Gasteiger partial charge in [-0.05, 0) is 30.4 Å². The van der Waals surface area contributed by atoms with E-state index in [0.717, 1.165) is 30.7 Å². The van der Waals surface area contributed by atoms with E-state index >= 15 is 0 Å². The minimum Gasteiger partial charge on any atom is -0.397 e. The topological polar surface area (TPSA) is 55.1 Å². The number of hydrogen-bond donors (Lipinski definition) is 2. The first kappa shape index (κ1) is 17.7. The molecule has 7 heteroatoms. The maximum atomic E-state index is 12.5. The second kappa shape index (κ2) is 8.17. The van der Waals surface area contributed by atoms with Crippen LogP contribution < -0.4 is 11.1 Å². The maximum absolute atomic E-state index is 12.5. The number of thioether (sulfide) groups is 1. The Morgan fingerprint density at radius 3 is 2.62 bits per heavy atom. The minimum atomic E-state index is -4.44. The SMILES string of the molecule is CCCCSCCC(=O)Nc1ccc(C(F)(F)F)cc1N. The van der Waals surface area contributed by atoms with Crippen LogP contribution in [-0.2, 0) is 11.0 Å². The highest BCUT2D eigenvalue weighted by Crippen LogP contribution is 2.32. The number of carbonyl (C=O) groups excluding carboxylic acids is 1. The Morgan fingerprint density at radius 2 is 2.05 bits per heavy atom. The number of rotatable bonds is 7. The minimum absolute atomic E-state index is 0.0863. The zero-order valence-electron chi connectivity index (χ0n) is 11.8. The Hall–Kier alpha value is -1.37. The highest BCUT2D eigenvalue weighted by Gasteiger charge is 2.30. The lowest BCUT2D eigenvalue weighted by Crippen LogP contribution is -2.14. The largest absolute Gasteiger partial charge is 0.416 e. The zero-order valence-corrected chi connectivity index (χ0v) is 12.6. The Bertz CT molecular complexity index is 478. The van der Waals surface area contributed by atoms with E-state index in [4.69, 9.17) is 5.73 Å². The summed E-state index contributed by atoms with van der Waals surface area (Å²) in [5.74, 6) is 1.45. The molecule has 3 nitrogen and oxygen atoms in total. The quantitative estimate of drug-likeness (QED) is 0.586. The molecule has 1 rings (SSSR count). The van der Waals surface area contributed by atoms with Crippen molar-refractivity contribution in [2.45, 2.75) is 32.4 Å². The van der Waals surface area contributed by atoms with Gasteiger partial charge < -0.3 is 11.1 Å². The molecule has 0 spiro atoms. The first-order valence-corrected chi connectivity index (χ1v) is 7.84. The van der Waals surface area contributed by atoms with Gasteiger partial charge in [0.05, 0.1) is 16.9 Å². The van der Waals surface area contributed by atoms with Gasteiger partial charge in [0, 0.05) is 12.2 Å². The number of halogens is 3. The standard InChI is InChI=1S/C14H19F3N2OS/c1-2-3-7-21-8-6-13(20)19-12-5-4-10(9-11(12)18)14(15,16)17/h4-5,9H,2-3,6-8,18H2,1H3,(H,19,20). The number of anilines is 2. The molecule has 0 bridgehead atoms. The summed E-state index contributed by atoms with van der Waals surface area (Å²) in [6.07, 6.45) is -1.90. The molecule has 0 saturated carbocycles. The molecular formula is C14H19F3N2OS. The number of nitrogens with two attached hydrogens (primary N) is 1. The molecule has 0 atom stereocenters. The summed E-state index contributed by atoms with van der Waals surface area (Å²) in [5, 5.41) is 2.54. The average Bonchev–Trinajstić information content (AvgIpc) is 2.39. The van der Waals surface area contributed by atoms with Crippen LogP contribution in [0.5, 0.6) is 0 Å². The molecule has 0 aliphatic rings. The summed E-state index contributed by atoms with van der Waals surface area (Å²) < 4.78 is 37.5. The smallest absolute Gasteiger partial charge is 0.397 e. The molecule has 0 aromatic heterocycles. The number of hydrogen-bond acceptors (Lipinski definition) is 3. The highest BCUT2D eigenvalue weighted by atomic mass is 32.2. The Balaban J connectivity index is 2.49. The Kier molecular flexibility index (Phi) is 6.87. The first-order valence-electron chi connectivity index (χ1n) is 6.69. The van der Waals surface area contributed by atoms with E-state index in [9.17, 15) is 18.0 Å². The zero-order chi connectivity index (χ0) is 15.9. The summed E-state index contributed by atoms with van der Waals surface area (Å²) >= 11 is 1.69. The van der Waals surface area contributed by atoms with Gasteiger partial charge in [-0.3, -0.25) is 4.79 Å². The molecule has 0 heterocycles. The summed E-state index contributed by atoms with van der Waals surface area (Å²) in [6.45, 7) is 2.10. The van der Waals surface area contributed by atoms with Crippen LogP contribution in [0.2, 0.25) is 0 Å². The second-order valence-corrected chi connectivity index (χ2v) is 5.79. The lowest BCUT2D eigenvalue weighted by atomic mass is 10.1. The number of unbranched alkanes of at least 4 members (excludes halogenated alkanes) is 1. The van der Waals surface area contributed by atoms with Gasteiger partial charge in [-0.15, -0.1) is 0 Å². The van der Waals surface area contributed by atoms with Crippen molar-refractivity contribution in [3.05, 3.63) is 23.8 Å². The van der Waals surface area contributed by atoms with Crippen molar-refractivity contribution in [1.29, 1.82) is 0 Å². The maximum Gasteiger partial charge on any atom is 0.416 e. The molecule has 0 fully saturated rings. The molecule has 118 valence electrons. The number of nitrogens with one attached hydrogen (secondary N) is 1. The third kappa shape index (κ3) is 6.29. The number of nitrogen functional groups attached to an aromatic ring is 1. The molecule has 0 aliphatic carbocycles. The fourth-order valence-electron chi connectivity index (χ4n) is 1.58. The van der Waals surface area contributed by atoms with E-state index in [0.29, 0.717) is 12.2 Å². The molecule has 3 N–H and O–H groups in total. The Morgan fingerprint density at radius 1 is 1.33 bits per heavy atom. The van der Waals surface area contributed by atoms with Gasteiger partial charge in [0.2, 0.25) is 5.91 Å². The number of amides is 1.